The summed E-state index contributed by atoms with van der Waals surface area (Å²) < 4.78 is 3.61. The van der Waals surface area contributed by atoms with E-state index >= 15 is 0 Å². The van der Waals surface area contributed by atoms with Crippen molar-refractivity contribution in [1.82, 2.24) is 24.2 Å². The van der Waals surface area contributed by atoms with Gasteiger partial charge in [-0.05, 0) is 49.1 Å². The predicted molar refractivity (Wildman–Crippen MR) is 128 cm³/mol. The Labute approximate surface area is 193 Å². The van der Waals surface area contributed by atoms with E-state index in [4.69, 9.17) is 0 Å². The van der Waals surface area contributed by atoms with E-state index in [1.54, 1.807) is 27.9 Å². The van der Waals surface area contributed by atoms with Crippen molar-refractivity contribution in [2.24, 2.45) is 7.05 Å². The van der Waals surface area contributed by atoms with Gasteiger partial charge in [-0.15, -0.1) is 0 Å². The second-order valence-electron chi connectivity index (χ2n) is 8.21. The topological polar surface area (TPSA) is 71.6 Å². The molecule has 0 aliphatic heterocycles. The van der Waals surface area contributed by atoms with Gasteiger partial charge in [-0.25, -0.2) is 4.98 Å². The molecule has 0 bridgehead atoms. The number of imidazole rings is 1. The third kappa shape index (κ3) is 5.14. The molecule has 3 heterocycles. The van der Waals surface area contributed by atoms with E-state index in [1.165, 1.54) is 5.56 Å². The van der Waals surface area contributed by atoms with Gasteiger partial charge in [0.2, 0.25) is 0 Å². The lowest BCUT2D eigenvalue weighted by Crippen LogP contribution is -2.40. The number of carbonyl (C=O) groups excluding carboxylic acids is 2. The first-order chi connectivity index (χ1) is 16.0. The Morgan fingerprint density at radius 2 is 1.76 bits per heavy atom. The Kier molecular flexibility index (Phi) is 6.88. The highest BCUT2D eigenvalue weighted by molar-refractivity contribution is 5.93. The summed E-state index contributed by atoms with van der Waals surface area (Å²) in [6.07, 6.45) is 7.65. The molecule has 0 saturated carbocycles. The summed E-state index contributed by atoms with van der Waals surface area (Å²) in [4.78, 5) is 32.0. The van der Waals surface area contributed by atoms with Crippen LogP contribution >= 0.6 is 0 Å². The van der Waals surface area contributed by atoms with E-state index in [9.17, 15) is 9.59 Å². The molecule has 0 saturated heterocycles. The number of fused-ring (bicyclic) bond motifs is 1. The van der Waals surface area contributed by atoms with Crippen molar-refractivity contribution >= 4 is 17.5 Å². The lowest BCUT2D eigenvalue weighted by molar-refractivity contribution is 0.0708. The monoisotopic (exact) mass is 443 g/mol. The number of nitrogens with one attached hydrogen (secondary N) is 1. The molecule has 1 N–H and O–H groups in total. The number of hydrogen-bond acceptors (Lipinski definition) is 3. The summed E-state index contributed by atoms with van der Waals surface area (Å²) in [7, 11) is 3.69. The Morgan fingerprint density at radius 1 is 0.970 bits per heavy atom. The molecule has 3 aromatic heterocycles. The molecule has 33 heavy (non-hydrogen) atoms. The molecule has 2 amide bonds. The zero-order valence-corrected chi connectivity index (χ0v) is 19.0. The highest BCUT2D eigenvalue weighted by atomic mass is 16.2. The standard InChI is InChI=1S/C26H29N5O2/c1-29-18-7-11-22(29)25(32)28-16-15-21(14-13-20-8-4-3-5-9-20)30(2)26(33)23-10-6-12-24-27-17-19-31(23)24/h3-12,17-19,21H,13-16H2,1-2H3,(H,28,32)/t21-/m0/s1. The van der Waals surface area contributed by atoms with E-state index in [2.05, 4.69) is 22.4 Å². The zero-order valence-electron chi connectivity index (χ0n) is 19.0. The molecular weight excluding hydrogens is 414 g/mol. The molecular formula is C26H29N5O2. The summed E-state index contributed by atoms with van der Waals surface area (Å²) in [5, 5.41) is 3.00. The van der Waals surface area contributed by atoms with Gasteiger partial charge in [-0.2, -0.15) is 0 Å². The maximum Gasteiger partial charge on any atom is 0.270 e. The van der Waals surface area contributed by atoms with Crippen molar-refractivity contribution in [2.45, 2.75) is 25.3 Å². The average molecular weight is 444 g/mol. The number of benzene rings is 1. The van der Waals surface area contributed by atoms with Crippen LogP contribution in [0.5, 0.6) is 0 Å². The fourth-order valence-corrected chi connectivity index (χ4v) is 4.12. The van der Waals surface area contributed by atoms with Gasteiger partial charge in [0.25, 0.3) is 11.8 Å². The third-order valence-corrected chi connectivity index (χ3v) is 6.06. The molecule has 0 spiro atoms. The van der Waals surface area contributed by atoms with Crippen molar-refractivity contribution in [2.75, 3.05) is 13.6 Å². The van der Waals surface area contributed by atoms with Gasteiger partial charge in [0, 0.05) is 45.3 Å². The first-order valence-electron chi connectivity index (χ1n) is 11.2. The van der Waals surface area contributed by atoms with Gasteiger partial charge in [0.1, 0.15) is 17.0 Å². The maximum atomic E-state index is 13.4. The van der Waals surface area contributed by atoms with E-state index in [0.717, 1.165) is 18.5 Å². The van der Waals surface area contributed by atoms with Crippen molar-refractivity contribution in [3.63, 3.8) is 0 Å². The van der Waals surface area contributed by atoms with Crippen molar-refractivity contribution in [3.8, 4) is 0 Å². The Hall–Kier alpha value is -3.87. The van der Waals surface area contributed by atoms with Crippen LogP contribution in [-0.2, 0) is 13.5 Å². The predicted octanol–water partition coefficient (Wildman–Crippen LogP) is 3.57. The number of aromatic nitrogens is 3. The van der Waals surface area contributed by atoms with E-state index in [1.807, 2.05) is 67.2 Å². The van der Waals surface area contributed by atoms with Crippen LogP contribution in [0, 0.1) is 0 Å². The highest BCUT2D eigenvalue weighted by Crippen LogP contribution is 2.16. The molecule has 1 atom stereocenters. The van der Waals surface area contributed by atoms with Gasteiger partial charge in [0.05, 0.1) is 0 Å². The molecule has 4 aromatic rings. The van der Waals surface area contributed by atoms with Crippen LogP contribution in [0.4, 0.5) is 0 Å². The number of pyridine rings is 1. The zero-order chi connectivity index (χ0) is 23.2. The van der Waals surface area contributed by atoms with Gasteiger partial charge in [-0.1, -0.05) is 36.4 Å². The van der Waals surface area contributed by atoms with Gasteiger partial charge < -0.3 is 14.8 Å². The van der Waals surface area contributed by atoms with E-state index in [-0.39, 0.29) is 17.9 Å². The van der Waals surface area contributed by atoms with E-state index < -0.39 is 0 Å². The summed E-state index contributed by atoms with van der Waals surface area (Å²) in [5.74, 6) is -0.174. The molecule has 0 aliphatic carbocycles. The Morgan fingerprint density at radius 3 is 2.52 bits per heavy atom. The quantitative estimate of drug-likeness (QED) is 0.430. The normalized spacial score (nSPS) is 11.9. The number of aryl methyl sites for hydroxylation is 2. The number of hydrogen-bond donors (Lipinski definition) is 1. The smallest absolute Gasteiger partial charge is 0.270 e. The van der Waals surface area contributed by atoms with Crippen LogP contribution in [0.1, 0.15) is 39.4 Å². The van der Waals surface area contributed by atoms with Crippen LogP contribution < -0.4 is 5.32 Å². The van der Waals surface area contributed by atoms with Gasteiger partial charge in [0.15, 0.2) is 0 Å². The minimum atomic E-state index is -0.110. The number of nitrogens with zero attached hydrogens (tertiary/aromatic N) is 4. The molecule has 0 aliphatic rings. The fraction of sp³-hybridized carbons (Fsp3) is 0.269. The molecule has 7 heteroatoms. The van der Waals surface area contributed by atoms with Crippen LogP contribution in [0.3, 0.4) is 0 Å². The third-order valence-electron chi connectivity index (χ3n) is 6.06. The van der Waals surface area contributed by atoms with Crippen molar-refractivity contribution in [1.29, 1.82) is 0 Å². The minimum absolute atomic E-state index is 0.0369. The second-order valence-corrected chi connectivity index (χ2v) is 8.21. The molecule has 0 fully saturated rings. The lowest BCUT2D eigenvalue weighted by atomic mass is 10.0. The summed E-state index contributed by atoms with van der Waals surface area (Å²) in [6, 6.07) is 19.4. The minimum Gasteiger partial charge on any atom is -0.351 e. The fourth-order valence-electron chi connectivity index (χ4n) is 4.12. The Balaban J connectivity index is 1.47. The molecule has 0 radical (unpaired) electrons. The number of carbonyl (C=O) groups is 2. The molecule has 0 unspecified atom stereocenters. The lowest BCUT2D eigenvalue weighted by Gasteiger charge is -2.29. The second kappa shape index (κ2) is 10.2. The number of amides is 2. The van der Waals surface area contributed by atoms with Crippen LogP contribution in [0.25, 0.3) is 5.65 Å². The van der Waals surface area contributed by atoms with Crippen LogP contribution in [-0.4, -0.2) is 50.3 Å². The highest BCUT2D eigenvalue weighted by Gasteiger charge is 2.23. The molecule has 1 aromatic carbocycles. The van der Waals surface area contributed by atoms with Crippen molar-refractivity contribution < 1.29 is 9.59 Å². The SMILES string of the molecule is CN(C(=O)c1cccc2nccn12)[C@H](CCNC(=O)c1cccn1C)CCc1ccccc1. The summed E-state index contributed by atoms with van der Waals surface area (Å²) in [5.41, 5.74) is 3.16. The largest absolute Gasteiger partial charge is 0.351 e. The van der Waals surface area contributed by atoms with E-state index in [0.29, 0.717) is 24.4 Å². The molecule has 170 valence electrons. The van der Waals surface area contributed by atoms with Gasteiger partial charge in [-0.3, -0.25) is 14.0 Å². The van der Waals surface area contributed by atoms with Crippen LogP contribution in [0.15, 0.2) is 79.3 Å². The summed E-state index contributed by atoms with van der Waals surface area (Å²) >= 11 is 0. The average Bonchev–Trinajstić information content (AvgIpc) is 3.49. The van der Waals surface area contributed by atoms with Crippen molar-refractivity contribution in [3.05, 3.63) is 96.2 Å². The van der Waals surface area contributed by atoms with Crippen LogP contribution in [0.2, 0.25) is 0 Å². The first kappa shape index (κ1) is 22.3. The summed E-state index contributed by atoms with van der Waals surface area (Å²) in [6.45, 7) is 0.483. The Bertz CT molecular complexity index is 1230. The molecule has 7 nitrogen and oxygen atoms in total. The molecule has 4 rings (SSSR count). The first-order valence-corrected chi connectivity index (χ1v) is 11.2. The number of rotatable bonds is 9. The van der Waals surface area contributed by atoms with Gasteiger partial charge >= 0.3 is 0 Å². The maximum absolute atomic E-state index is 13.4.